The Balaban J connectivity index is 1.39. The lowest BCUT2D eigenvalue weighted by molar-refractivity contribution is -0.118. The highest BCUT2D eigenvalue weighted by molar-refractivity contribution is 6.30. The third-order valence-electron chi connectivity index (χ3n) is 5.17. The van der Waals surface area contributed by atoms with Gasteiger partial charge in [0.1, 0.15) is 0 Å². The molecule has 1 N–H and O–H groups in total. The maximum atomic E-state index is 13.0. The third-order valence-corrected chi connectivity index (χ3v) is 5.43. The van der Waals surface area contributed by atoms with Crippen LogP contribution in [-0.2, 0) is 10.2 Å². The number of carbonyl (C=O) groups is 1. The lowest BCUT2D eigenvalue weighted by Crippen LogP contribution is -2.28. The number of hydrogen-bond donors (Lipinski definition) is 1. The first-order valence-corrected chi connectivity index (χ1v) is 9.41. The summed E-state index contributed by atoms with van der Waals surface area (Å²) in [5.41, 5.74) is 2.56. The fourth-order valence-corrected chi connectivity index (χ4v) is 3.51. The standard InChI is InChI=1S/C22H16ClN3O2/c23-16-5-3-14(4-6-16)19-13-20(26-28-19)22(9-10-22)21(27)25-17-7-8-18-15(12-17)2-1-11-24-18/h1-8,11-13H,9-10H2,(H,25,27). The van der Waals surface area contributed by atoms with E-state index in [4.69, 9.17) is 16.1 Å². The lowest BCUT2D eigenvalue weighted by Gasteiger charge is -2.12. The van der Waals surface area contributed by atoms with E-state index < -0.39 is 5.41 Å². The maximum Gasteiger partial charge on any atom is 0.236 e. The largest absolute Gasteiger partial charge is 0.356 e. The van der Waals surface area contributed by atoms with Gasteiger partial charge in [-0.3, -0.25) is 9.78 Å². The van der Waals surface area contributed by atoms with E-state index in [1.165, 1.54) is 0 Å². The molecule has 0 unspecified atom stereocenters. The Hall–Kier alpha value is -3.18. The molecule has 0 radical (unpaired) electrons. The first-order valence-electron chi connectivity index (χ1n) is 9.03. The van der Waals surface area contributed by atoms with Crippen molar-refractivity contribution in [2.24, 2.45) is 0 Å². The molecule has 0 atom stereocenters. The van der Waals surface area contributed by atoms with Crippen LogP contribution in [0.15, 0.2) is 71.4 Å². The summed E-state index contributed by atoms with van der Waals surface area (Å²) in [6.07, 6.45) is 3.25. The Labute approximate surface area is 166 Å². The number of halogens is 1. The second kappa shape index (κ2) is 6.46. The first-order chi connectivity index (χ1) is 13.6. The van der Waals surface area contributed by atoms with Gasteiger partial charge in [0.05, 0.1) is 16.6 Å². The molecule has 5 nitrogen and oxygen atoms in total. The van der Waals surface area contributed by atoms with Crippen LogP contribution >= 0.6 is 11.6 Å². The van der Waals surface area contributed by atoms with Crippen molar-refractivity contribution in [1.82, 2.24) is 10.1 Å². The number of nitrogens with zero attached hydrogens (tertiary/aromatic N) is 2. The molecule has 0 spiro atoms. The Morgan fingerprint density at radius 2 is 1.89 bits per heavy atom. The number of aromatic nitrogens is 2. The number of amides is 1. The predicted molar refractivity (Wildman–Crippen MR) is 108 cm³/mol. The van der Waals surface area contributed by atoms with Crippen LogP contribution in [0, 0.1) is 0 Å². The molecule has 4 aromatic rings. The fourth-order valence-electron chi connectivity index (χ4n) is 3.38. The number of pyridine rings is 1. The molecule has 28 heavy (non-hydrogen) atoms. The normalized spacial score (nSPS) is 14.8. The summed E-state index contributed by atoms with van der Waals surface area (Å²) >= 11 is 5.94. The minimum Gasteiger partial charge on any atom is -0.356 e. The monoisotopic (exact) mass is 389 g/mol. The molecule has 1 aliphatic rings. The van der Waals surface area contributed by atoms with Gasteiger partial charge in [0, 0.05) is 33.9 Å². The minimum absolute atomic E-state index is 0.0632. The molecule has 1 aliphatic carbocycles. The van der Waals surface area contributed by atoms with Crippen molar-refractivity contribution in [2.45, 2.75) is 18.3 Å². The molecule has 0 saturated heterocycles. The zero-order valence-corrected chi connectivity index (χ0v) is 15.6. The number of benzene rings is 2. The minimum atomic E-state index is -0.627. The molecule has 0 aliphatic heterocycles. The van der Waals surface area contributed by atoms with Crippen LogP contribution in [0.1, 0.15) is 18.5 Å². The van der Waals surface area contributed by atoms with E-state index in [1.54, 1.807) is 18.3 Å². The van der Waals surface area contributed by atoms with Crippen molar-refractivity contribution < 1.29 is 9.32 Å². The molecule has 2 aromatic heterocycles. The number of nitrogens with one attached hydrogen (secondary N) is 1. The molecule has 2 heterocycles. The fraction of sp³-hybridized carbons (Fsp3) is 0.136. The lowest BCUT2D eigenvalue weighted by atomic mass is 10.00. The van der Waals surface area contributed by atoms with Gasteiger partial charge in [-0.2, -0.15) is 0 Å². The van der Waals surface area contributed by atoms with E-state index in [9.17, 15) is 4.79 Å². The van der Waals surface area contributed by atoms with Crippen molar-refractivity contribution in [2.75, 3.05) is 5.32 Å². The summed E-state index contributed by atoms with van der Waals surface area (Å²) < 4.78 is 5.49. The second-order valence-corrected chi connectivity index (χ2v) is 7.47. The van der Waals surface area contributed by atoms with Gasteiger partial charge in [-0.1, -0.05) is 22.8 Å². The quantitative estimate of drug-likeness (QED) is 0.520. The van der Waals surface area contributed by atoms with Gasteiger partial charge in [-0.05, 0) is 61.4 Å². The summed E-state index contributed by atoms with van der Waals surface area (Å²) in [6, 6.07) is 18.7. The molecule has 1 amide bonds. The first kappa shape index (κ1) is 17.0. The number of fused-ring (bicyclic) bond motifs is 1. The predicted octanol–water partition coefficient (Wildman–Crippen LogP) is 5.21. The number of anilines is 1. The topological polar surface area (TPSA) is 68.0 Å². The van der Waals surface area contributed by atoms with Crippen LogP contribution in [0.2, 0.25) is 5.02 Å². The van der Waals surface area contributed by atoms with Gasteiger partial charge in [0.25, 0.3) is 0 Å². The summed E-state index contributed by atoms with van der Waals surface area (Å²) in [5, 5.41) is 8.85. The SMILES string of the molecule is O=C(Nc1ccc2ncccc2c1)C1(c2cc(-c3ccc(Cl)cc3)on2)CC1. The Bertz CT molecular complexity index is 1180. The summed E-state index contributed by atoms with van der Waals surface area (Å²) in [5.74, 6) is 0.564. The maximum absolute atomic E-state index is 13.0. The van der Waals surface area contributed by atoms with Crippen molar-refractivity contribution in [1.29, 1.82) is 0 Å². The Morgan fingerprint density at radius 1 is 1.07 bits per heavy atom. The third kappa shape index (κ3) is 2.94. The summed E-state index contributed by atoms with van der Waals surface area (Å²) in [4.78, 5) is 17.3. The van der Waals surface area contributed by atoms with Gasteiger partial charge >= 0.3 is 0 Å². The van der Waals surface area contributed by atoms with Crippen molar-refractivity contribution in [3.8, 4) is 11.3 Å². The van der Waals surface area contributed by atoms with Gasteiger partial charge < -0.3 is 9.84 Å². The van der Waals surface area contributed by atoms with E-state index in [1.807, 2.05) is 48.5 Å². The van der Waals surface area contributed by atoms with Crippen molar-refractivity contribution >= 4 is 34.1 Å². The Morgan fingerprint density at radius 3 is 2.68 bits per heavy atom. The van der Waals surface area contributed by atoms with Crippen LogP contribution in [0.25, 0.3) is 22.2 Å². The molecular weight excluding hydrogens is 374 g/mol. The molecule has 1 fully saturated rings. The highest BCUT2D eigenvalue weighted by atomic mass is 35.5. The van der Waals surface area contributed by atoms with Crippen LogP contribution in [0.4, 0.5) is 5.69 Å². The molecule has 2 aromatic carbocycles. The van der Waals surface area contributed by atoms with Crippen LogP contribution < -0.4 is 5.32 Å². The van der Waals surface area contributed by atoms with Crippen molar-refractivity contribution in [3.63, 3.8) is 0 Å². The average Bonchev–Trinajstić information content (AvgIpc) is 3.39. The molecule has 0 bridgehead atoms. The van der Waals surface area contributed by atoms with Crippen molar-refractivity contribution in [3.05, 3.63) is 77.6 Å². The van der Waals surface area contributed by atoms with E-state index in [0.717, 1.165) is 35.0 Å². The zero-order valence-electron chi connectivity index (χ0n) is 14.9. The molecule has 138 valence electrons. The number of rotatable bonds is 4. The summed E-state index contributed by atoms with van der Waals surface area (Å²) in [7, 11) is 0. The van der Waals surface area contributed by atoms with Gasteiger partial charge in [-0.25, -0.2) is 0 Å². The highest BCUT2D eigenvalue weighted by Crippen LogP contribution is 2.49. The van der Waals surface area contributed by atoms with Gasteiger partial charge in [0.15, 0.2) is 5.76 Å². The Kier molecular flexibility index (Phi) is 3.91. The van der Waals surface area contributed by atoms with Crippen LogP contribution in [-0.4, -0.2) is 16.0 Å². The van der Waals surface area contributed by atoms with Crippen LogP contribution in [0.3, 0.4) is 0 Å². The van der Waals surface area contributed by atoms with E-state index >= 15 is 0 Å². The average molecular weight is 390 g/mol. The van der Waals surface area contributed by atoms with E-state index in [-0.39, 0.29) is 5.91 Å². The molecular formula is C22H16ClN3O2. The van der Waals surface area contributed by atoms with E-state index in [0.29, 0.717) is 16.5 Å². The number of carbonyl (C=O) groups excluding carboxylic acids is 1. The zero-order chi connectivity index (χ0) is 19.1. The molecule has 1 saturated carbocycles. The van der Waals surface area contributed by atoms with Crippen LogP contribution in [0.5, 0.6) is 0 Å². The highest BCUT2D eigenvalue weighted by Gasteiger charge is 2.53. The number of hydrogen-bond acceptors (Lipinski definition) is 4. The van der Waals surface area contributed by atoms with Gasteiger partial charge in [0.2, 0.25) is 5.91 Å². The molecule has 5 rings (SSSR count). The van der Waals surface area contributed by atoms with E-state index in [2.05, 4.69) is 15.5 Å². The second-order valence-electron chi connectivity index (χ2n) is 7.03. The smallest absolute Gasteiger partial charge is 0.236 e. The summed E-state index contributed by atoms with van der Waals surface area (Å²) in [6.45, 7) is 0. The van der Waals surface area contributed by atoms with Gasteiger partial charge in [-0.15, -0.1) is 0 Å². The molecule has 6 heteroatoms.